The smallest absolute Gasteiger partial charge is 0.255 e. The van der Waals surface area contributed by atoms with E-state index in [1.807, 2.05) is 80.6 Å². The van der Waals surface area contributed by atoms with Crippen LogP contribution in [0, 0.1) is 13.8 Å². The standard InChI is InChI=1S/C21H19BrN2OS/c1-14-4-3-5-20(15(14)2)23-21(25)16-6-10-18(11-7-16)24-26-19-12-8-17(22)9-13-19/h3-13,24H,1-2H3,(H,23,25). The fourth-order valence-electron chi connectivity index (χ4n) is 2.39. The van der Waals surface area contributed by atoms with Gasteiger partial charge in [-0.1, -0.05) is 28.1 Å². The first-order valence-corrected chi connectivity index (χ1v) is 9.80. The van der Waals surface area contributed by atoms with Gasteiger partial charge in [-0.05, 0) is 91.5 Å². The van der Waals surface area contributed by atoms with Crippen molar-refractivity contribution in [2.75, 3.05) is 10.0 Å². The van der Waals surface area contributed by atoms with E-state index in [9.17, 15) is 4.79 Å². The first-order valence-electron chi connectivity index (χ1n) is 8.19. The molecule has 0 unspecified atom stereocenters. The number of hydrogen-bond donors (Lipinski definition) is 2. The van der Waals surface area contributed by atoms with Gasteiger partial charge in [0.15, 0.2) is 0 Å². The molecule has 0 fully saturated rings. The van der Waals surface area contributed by atoms with Gasteiger partial charge in [-0.25, -0.2) is 0 Å². The molecule has 0 aliphatic heterocycles. The Labute approximate surface area is 166 Å². The molecule has 0 spiro atoms. The Hall–Kier alpha value is -2.24. The highest BCUT2D eigenvalue weighted by Gasteiger charge is 2.08. The van der Waals surface area contributed by atoms with Crippen molar-refractivity contribution in [1.29, 1.82) is 0 Å². The summed E-state index contributed by atoms with van der Waals surface area (Å²) >= 11 is 4.96. The van der Waals surface area contributed by atoms with Crippen molar-refractivity contribution in [3.05, 3.63) is 87.9 Å². The number of rotatable bonds is 5. The van der Waals surface area contributed by atoms with E-state index in [2.05, 4.69) is 26.0 Å². The van der Waals surface area contributed by atoms with Gasteiger partial charge in [-0.15, -0.1) is 0 Å². The van der Waals surface area contributed by atoms with Crippen LogP contribution in [0.3, 0.4) is 0 Å². The van der Waals surface area contributed by atoms with Gasteiger partial charge < -0.3 is 10.0 Å². The predicted octanol–water partition coefficient (Wildman–Crippen LogP) is 6.44. The molecule has 3 aromatic carbocycles. The number of carbonyl (C=O) groups is 1. The fourth-order valence-corrected chi connectivity index (χ4v) is 3.30. The molecule has 132 valence electrons. The van der Waals surface area contributed by atoms with Gasteiger partial charge in [0.1, 0.15) is 0 Å². The Kier molecular flexibility index (Phi) is 6.01. The molecular formula is C21H19BrN2OS. The second-order valence-electron chi connectivity index (χ2n) is 5.94. The van der Waals surface area contributed by atoms with Crippen LogP contribution in [0.25, 0.3) is 0 Å². The zero-order valence-electron chi connectivity index (χ0n) is 14.5. The average Bonchev–Trinajstić information content (AvgIpc) is 2.65. The molecule has 5 heteroatoms. The van der Waals surface area contributed by atoms with Crippen molar-refractivity contribution in [3.63, 3.8) is 0 Å². The number of nitrogens with one attached hydrogen (secondary N) is 2. The number of aryl methyl sites for hydroxylation is 1. The van der Waals surface area contributed by atoms with E-state index in [0.29, 0.717) is 5.56 Å². The molecule has 3 nitrogen and oxygen atoms in total. The Morgan fingerprint density at radius 2 is 1.62 bits per heavy atom. The molecule has 0 aromatic heterocycles. The van der Waals surface area contributed by atoms with E-state index < -0.39 is 0 Å². The fraction of sp³-hybridized carbons (Fsp3) is 0.0952. The lowest BCUT2D eigenvalue weighted by Crippen LogP contribution is -2.13. The van der Waals surface area contributed by atoms with Crippen molar-refractivity contribution >= 4 is 45.2 Å². The number of anilines is 2. The maximum atomic E-state index is 12.5. The van der Waals surface area contributed by atoms with Crippen molar-refractivity contribution in [3.8, 4) is 0 Å². The minimum absolute atomic E-state index is 0.106. The molecule has 0 atom stereocenters. The van der Waals surface area contributed by atoms with Crippen LogP contribution in [0.15, 0.2) is 76.1 Å². The third-order valence-electron chi connectivity index (χ3n) is 4.10. The van der Waals surface area contributed by atoms with Gasteiger partial charge in [0.05, 0.1) is 0 Å². The van der Waals surface area contributed by atoms with Gasteiger partial charge in [-0.2, -0.15) is 0 Å². The second-order valence-corrected chi connectivity index (χ2v) is 7.73. The van der Waals surface area contributed by atoms with Crippen LogP contribution in [0.2, 0.25) is 0 Å². The molecule has 0 aliphatic carbocycles. The molecule has 0 aliphatic rings. The van der Waals surface area contributed by atoms with Gasteiger partial charge >= 0.3 is 0 Å². The van der Waals surface area contributed by atoms with Crippen LogP contribution in [0.1, 0.15) is 21.5 Å². The Bertz CT molecular complexity index is 908. The van der Waals surface area contributed by atoms with Crippen molar-refractivity contribution in [2.45, 2.75) is 18.7 Å². The van der Waals surface area contributed by atoms with Crippen molar-refractivity contribution in [1.82, 2.24) is 0 Å². The Morgan fingerprint density at radius 1 is 0.923 bits per heavy atom. The van der Waals surface area contributed by atoms with E-state index in [1.165, 1.54) is 11.9 Å². The topological polar surface area (TPSA) is 41.1 Å². The van der Waals surface area contributed by atoms with Crippen molar-refractivity contribution < 1.29 is 4.79 Å². The average molecular weight is 427 g/mol. The van der Waals surface area contributed by atoms with E-state index in [1.54, 1.807) is 0 Å². The lowest BCUT2D eigenvalue weighted by Gasteiger charge is -2.11. The summed E-state index contributed by atoms with van der Waals surface area (Å²) in [5, 5.41) is 2.98. The maximum absolute atomic E-state index is 12.5. The molecule has 3 rings (SSSR count). The molecular weight excluding hydrogens is 408 g/mol. The summed E-state index contributed by atoms with van der Waals surface area (Å²) in [6.07, 6.45) is 0. The van der Waals surface area contributed by atoms with Crippen LogP contribution in [0.5, 0.6) is 0 Å². The highest BCUT2D eigenvalue weighted by atomic mass is 79.9. The van der Waals surface area contributed by atoms with Crippen LogP contribution < -0.4 is 10.0 Å². The predicted molar refractivity (Wildman–Crippen MR) is 114 cm³/mol. The lowest BCUT2D eigenvalue weighted by molar-refractivity contribution is 0.102. The third kappa shape index (κ3) is 4.68. The number of benzene rings is 3. The molecule has 0 bridgehead atoms. The maximum Gasteiger partial charge on any atom is 0.255 e. The SMILES string of the molecule is Cc1cccc(NC(=O)c2ccc(NSc3ccc(Br)cc3)cc2)c1C. The number of hydrogen-bond acceptors (Lipinski definition) is 3. The van der Waals surface area contributed by atoms with Gasteiger partial charge in [0.25, 0.3) is 5.91 Å². The first kappa shape index (κ1) is 18.5. The van der Waals surface area contributed by atoms with Crippen LogP contribution in [0.4, 0.5) is 11.4 Å². The monoisotopic (exact) mass is 426 g/mol. The normalized spacial score (nSPS) is 10.4. The largest absolute Gasteiger partial charge is 0.326 e. The molecule has 1 amide bonds. The molecule has 0 radical (unpaired) electrons. The van der Waals surface area contributed by atoms with E-state index >= 15 is 0 Å². The van der Waals surface area contributed by atoms with Gasteiger partial charge in [0, 0.05) is 26.3 Å². The minimum atomic E-state index is -0.106. The summed E-state index contributed by atoms with van der Waals surface area (Å²) in [5.41, 5.74) is 4.67. The lowest BCUT2D eigenvalue weighted by atomic mass is 10.1. The van der Waals surface area contributed by atoms with E-state index in [0.717, 1.165) is 31.9 Å². The quantitative estimate of drug-likeness (QED) is 0.461. The molecule has 26 heavy (non-hydrogen) atoms. The molecule has 0 saturated heterocycles. The van der Waals surface area contributed by atoms with Crippen molar-refractivity contribution in [2.24, 2.45) is 0 Å². The van der Waals surface area contributed by atoms with Crippen LogP contribution in [-0.4, -0.2) is 5.91 Å². The number of amides is 1. The highest BCUT2D eigenvalue weighted by molar-refractivity contribution is 9.10. The first-order chi connectivity index (χ1) is 12.5. The summed E-state index contributed by atoms with van der Waals surface area (Å²) in [6, 6.07) is 21.4. The summed E-state index contributed by atoms with van der Waals surface area (Å²) in [6.45, 7) is 4.05. The zero-order chi connectivity index (χ0) is 18.5. The summed E-state index contributed by atoms with van der Waals surface area (Å²) < 4.78 is 4.34. The molecule has 3 aromatic rings. The van der Waals surface area contributed by atoms with Gasteiger partial charge in [-0.3, -0.25) is 4.79 Å². The number of halogens is 1. The Morgan fingerprint density at radius 3 is 2.31 bits per heavy atom. The molecule has 0 heterocycles. The highest BCUT2D eigenvalue weighted by Crippen LogP contribution is 2.24. The van der Waals surface area contributed by atoms with Gasteiger partial charge in [0.2, 0.25) is 0 Å². The van der Waals surface area contributed by atoms with E-state index in [-0.39, 0.29) is 5.91 Å². The summed E-state index contributed by atoms with van der Waals surface area (Å²) in [7, 11) is 0. The summed E-state index contributed by atoms with van der Waals surface area (Å²) in [4.78, 5) is 13.6. The van der Waals surface area contributed by atoms with Crippen LogP contribution >= 0.6 is 27.9 Å². The zero-order valence-corrected chi connectivity index (χ0v) is 16.9. The van der Waals surface area contributed by atoms with Crippen LogP contribution in [-0.2, 0) is 0 Å². The third-order valence-corrected chi connectivity index (χ3v) is 5.47. The molecule has 2 N–H and O–H groups in total. The summed E-state index contributed by atoms with van der Waals surface area (Å²) in [5.74, 6) is -0.106. The second kappa shape index (κ2) is 8.43. The number of carbonyl (C=O) groups excluding carboxylic acids is 1. The Balaban J connectivity index is 1.62. The molecule has 0 saturated carbocycles. The minimum Gasteiger partial charge on any atom is -0.326 e. The van der Waals surface area contributed by atoms with E-state index in [4.69, 9.17) is 0 Å².